The number of carbonyl (C=O) groups is 1. The lowest BCUT2D eigenvalue weighted by Crippen LogP contribution is -2.43. The Bertz CT molecular complexity index is 428. The standard InChI is InChI=1S/C19H32N2O/c1-6-15(4)18(17-12-10-9-11-13-17)19(22)20-14-16(5)21(7-2)8-3/h9-13,15-16,18H,6-8,14H2,1-5H3,(H,20,22). The van der Waals surface area contributed by atoms with Gasteiger partial charge in [-0.1, -0.05) is 64.4 Å². The van der Waals surface area contributed by atoms with Gasteiger partial charge in [0.15, 0.2) is 0 Å². The van der Waals surface area contributed by atoms with Crippen molar-refractivity contribution in [2.24, 2.45) is 5.92 Å². The fourth-order valence-electron chi connectivity index (χ4n) is 2.97. The Morgan fingerprint density at radius 2 is 1.68 bits per heavy atom. The highest BCUT2D eigenvalue weighted by Crippen LogP contribution is 2.27. The van der Waals surface area contributed by atoms with E-state index < -0.39 is 0 Å². The van der Waals surface area contributed by atoms with E-state index in [4.69, 9.17) is 0 Å². The molecule has 3 nitrogen and oxygen atoms in total. The van der Waals surface area contributed by atoms with Gasteiger partial charge in [-0.3, -0.25) is 9.69 Å². The van der Waals surface area contributed by atoms with Gasteiger partial charge in [0.2, 0.25) is 5.91 Å². The third kappa shape index (κ3) is 5.13. The average Bonchev–Trinajstić information content (AvgIpc) is 2.55. The summed E-state index contributed by atoms with van der Waals surface area (Å²) in [4.78, 5) is 15.1. The third-order valence-electron chi connectivity index (χ3n) is 4.66. The van der Waals surface area contributed by atoms with E-state index in [2.05, 4.69) is 57.0 Å². The van der Waals surface area contributed by atoms with E-state index in [0.717, 1.165) is 25.1 Å². The lowest BCUT2D eigenvalue weighted by molar-refractivity contribution is -0.123. The molecule has 1 rings (SSSR count). The van der Waals surface area contributed by atoms with E-state index in [1.165, 1.54) is 0 Å². The first kappa shape index (κ1) is 18.7. The lowest BCUT2D eigenvalue weighted by Gasteiger charge is -2.28. The van der Waals surface area contributed by atoms with E-state index in [1.807, 2.05) is 18.2 Å². The van der Waals surface area contributed by atoms with Crippen LogP contribution >= 0.6 is 0 Å². The summed E-state index contributed by atoms with van der Waals surface area (Å²) in [6.45, 7) is 13.5. The number of likely N-dealkylation sites (N-methyl/N-ethyl adjacent to an activating group) is 1. The lowest BCUT2D eigenvalue weighted by atomic mass is 9.85. The smallest absolute Gasteiger partial charge is 0.227 e. The maximum atomic E-state index is 12.7. The van der Waals surface area contributed by atoms with Crippen LogP contribution < -0.4 is 5.32 Å². The second kappa shape index (κ2) is 9.62. The summed E-state index contributed by atoms with van der Waals surface area (Å²) in [5, 5.41) is 3.16. The molecule has 0 aliphatic rings. The van der Waals surface area contributed by atoms with Crippen molar-refractivity contribution in [1.29, 1.82) is 0 Å². The molecule has 0 aliphatic carbocycles. The molecule has 0 aromatic heterocycles. The maximum absolute atomic E-state index is 12.7. The molecule has 0 fully saturated rings. The number of benzene rings is 1. The highest BCUT2D eigenvalue weighted by molar-refractivity contribution is 5.84. The minimum Gasteiger partial charge on any atom is -0.354 e. The summed E-state index contributed by atoms with van der Waals surface area (Å²) in [5.74, 6) is 0.431. The van der Waals surface area contributed by atoms with Gasteiger partial charge in [0.25, 0.3) is 0 Å². The van der Waals surface area contributed by atoms with Gasteiger partial charge < -0.3 is 5.32 Å². The van der Waals surface area contributed by atoms with Gasteiger partial charge in [-0.25, -0.2) is 0 Å². The van der Waals surface area contributed by atoms with Crippen LogP contribution in [-0.4, -0.2) is 36.5 Å². The summed E-state index contributed by atoms with van der Waals surface area (Å²) in [5.41, 5.74) is 1.12. The number of hydrogen-bond donors (Lipinski definition) is 1. The SMILES string of the molecule is CCC(C)C(C(=O)NCC(C)N(CC)CC)c1ccccc1. The average molecular weight is 304 g/mol. The molecule has 1 N–H and O–H groups in total. The highest BCUT2D eigenvalue weighted by Gasteiger charge is 2.26. The zero-order valence-electron chi connectivity index (χ0n) is 14.8. The monoisotopic (exact) mass is 304 g/mol. The molecule has 0 saturated heterocycles. The Labute approximate surface area is 136 Å². The minimum atomic E-state index is -0.0601. The fraction of sp³-hybridized carbons (Fsp3) is 0.632. The van der Waals surface area contributed by atoms with Crippen LogP contribution in [0, 0.1) is 5.92 Å². The predicted molar refractivity (Wildman–Crippen MR) is 94.0 cm³/mol. The molecule has 0 spiro atoms. The molecular formula is C19H32N2O. The topological polar surface area (TPSA) is 32.3 Å². The van der Waals surface area contributed by atoms with Gasteiger partial charge in [-0.05, 0) is 31.5 Å². The summed E-state index contributed by atoms with van der Waals surface area (Å²) in [6, 6.07) is 10.5. The molecule has 0 aliphatic heterocycles. The van der Waals surface area contributed by atoms with Crippen molar-refractivity contribution in [2.75, 3.05) is 19.6 Å². The Morgan fingerprint density at radius 3 is 2.18 bits per heavy atom. The van der Waals surface area contributed by atoms with Crippen LogP contribution in [0.4, 0.5) is 0 Å². The third-order valence-corrected chi connectivity index (χ3v) is 4.66. The van der Waals surface area contributed by atoms with Crippen LogP contribution in [0.2, 0.25) is 0 Å². The van der Waals surface area contributed by atoms with Crippen LogP contribution in [0.15, 0.2) is 30.3 Å². The zero-order chi connectivity index (χ0) is 16.5. The van der Waals surface area contributed by atoms with Crippen LogP contribution in [0.5, 0.6) is 0 Å². The number of hydrogen-bond acceptors (Lipinski definition) is 2. The van der Waals surface area contributed by atoms with Gasteiger partial charge in [-0.2, -0.15) is 0 Å². The van der Waals surface area contributed by atoms with E-state index in [9.17, 15) is 4.79 Å². The Balaban J connectivity index is 2.73. The number of nitrogens with zero attached hydrogens (tertiary/aromatic N) is 1. The molecule has 1 amide bonds. The highest BCUT2D eigenvalue weighted by atomic mass is 16.1. The van der Waals surface area contributed by atoms with Crippen LogP contribution in [-0.2, 0) is 4.79 Å². The Morgan fingerprint density at radius 1 is 1.09 bits per heavy atom. The van der Waals surface area contributed by atoms with Crippen molar-refractivity contribution in [2.45, 2.75) is 53.0 Å². The number of carbonyl (C=O) groups excluding carboxylic acids is 1. The molecule has 0 saturated carbocycles. The molecule has 0 radical (unpaired) electrons. The van der Waals surface area contributed by atoms with E-state index >= 15 is 0 Å². The van der Waals surface area contributed by atoms with E-state index in [-0.39, 0.29) is 11.8 Å². The van der Waals surface area contributed by atoms with Gasteiger partial charge in [0, 0.05) is 12.6 Å². The second-order valence-corrected chi connectivity index (χ2v) is 6.09. The summed E-state index contributed by atoms with van der Waals surface area (Å²) < 4.78 is 0. The minimum absolute atomic E-state index is 0.0601. The second-order valence-electron chi connectivity index (χ2n) is 6.09. The van der Waals surface area contributed by atoms with Crippen LogP contribution in [0.25, 0.3) is 0 Å². The molecule has 124 valence electrons. The first-order valence-electron chi connectivity index (χ1n) is 8.61. The van der Waals surface area contributed by atoms with Crippen molar-refractivity contribution in [3.05, 3.63) is 35.9 Å². The molecular weight excluding hydrogens is 272 g/mol. The summed E-state index contributed by atoms with van der Waals surface area (Å²) in [6.07, 6.45) is 0.999. The van der Waals surface area contributed by atoms with Crippen molar-refractivity contribution in [1.82, 2.24) is 10.2 Å². The zero-order valence-corrected chi connectivity index (χ0v) is 14.8. The van der Waals surface area contributed by atoms with Crippen LogP contribution in [0.1, 0.15) is 52.5 Å². The van der Waals surface area contributed by atoms with Gasteiger partial charge in [0.05, 0.1) is 5.92 Å². The Hall–Kier alpha value is -1.35. The molecule has 3 unspecified atom stereocenters. The predicted octanol–water partition coefficient (Wildman–Crippen LogP) is 3.66. The molecule has 3 atom stereocenters. The summed E-state index contributed by atoms with van der Waals surface area (Å²) in [7, 11) is 0. The quantitative estimate of drug-likeness (QED) is 0.755. The Kier molecular flexibility index (Phi) is 8.18. The molecule has 0 heterocycles. The number of amides is 1. The largest absolute Gasteiger partial charge is 0.354 e. The van der Waals surface area contributed by atoms with Crippen molar-refractivity contribution >= 4 is 5.91 Å². The van der Waals surface area contributed by atoms with Crippen LogP contribution in [0.3, 0.4) is 0 Å². The van der Waals surface area contributed by atoms with Gasteiger partial charge in [0.1, 0.15) is 0 Å². The maximum Gasteiger partial charge on any atom is 0.227 e. The molecule has 22 heavy (non-hydrogen) atoms. The van der Waals surface area contributed by atoms with Crippen molar-refractivity contribution < 1.29 is 4.79 Å². The van der Waals surface area contributed by atoms with Gasteiger partial charge >= 0.3 is 0 Å². The fourth-order valence-corrected chi connectivity index (χ4v) is 2.97. The number of rotatable bonds is 9. The first-order valence-corrected chi connectivity index (χ1v) is 8.61. The normalized spacial score (nSPS) is 15.4. The molecule has 3 heteroatoms. The first-order chi connectivity index (χ1) is 10.5. The molecule has 0 bridgehead atoms. The number of nitrogens with one attached hydrogen (secondary N) is 1. The van der Waals surface area contributed by atoms with E-state index in [1.54, 1.807) is 0 Å². The molecule has 1 aromatic carbocycles. The van der Waals surface area contributed by atoms with E-state index in [0.29, 0.717) is 18.5 Å². The van der Waals surface area contributed by atoms with Gasteiger partial charge in [-0.15, -0.1) is 0 Å². The summed E-state index contributed by atoms with van der Waals surface area (Å²) >= 11 is 0. The van der Waals surface area contributed by atoms with Crippen molar-refractivity contribution in [3.63, 3.8) is 0 Å². The van der Waals surface area contributed by atoms with Crippen molar-refractivity contribution in [3.8, 4) is 0 Å². The molecule has 1 aromatic rings.